The number of nitrogens with zero attached hydrogens (tertiary/aromatic N) is 1. The van der Waals surface area contributed by atoms with Gasteiger partial charge in [-0.3, -0.25) is 0 Å². The third-order valence-corrected chi connectivity index (χ3v) is 3.86. The second-order valence-corrected chi connectivity index (χ2v) is 4.74. The quantitative estimate of drug-likeness (QED) is 0.711. The van der Waals surface area contributed by atoms with Crippen molar-refractivity contribution in [2.75, 3.05) is 6.54 Å². The minimum Gasteiger partial charge on any atom is -0.311 e. The van der Waals surface area contributed by atoms with Gasteiger partial charge in [-0.1, -0.05) is 0 Å². The number of aromatic nitrogens is 1. The van der Waals surface area contributed by atoms with Gasteiger partial charge >= 0.3 is 0 Å². The molecule has 0 saturated heterocycles. The summed E-state index contributed by atoms with van der Waals surface area (Å²) in [6.07, 6.45) is 3.94. The van der Waals surface area contributed by atoms with E-state index in [0.717, 1.165) is 19.0 Å². The normalized spacial score (nSPS) is 22.3. The van der Waals surface area contributed by atoms with Gasteiger partial charge < -0.3 is 5.32 Å². The summed E-state index contributed by atoms with van der Waals surface area (Å²) in [6.45, 7) is 2.14. The molecule has 1 N–H and O–H groups in total. The molecule has 1 aliphatic carbocycles. The maximum atomic E-state index is 4.67. The van der Waals surface area contributed by atoms with Crippen molar-refractivity contribution in [1.82, 2.24) is 10.3 Å². The Labute approximate surface area is 76.0 Å². The molecular formula is C9H12N2S. The first-order valence-electron chi connectivity index (χ1n) is 4.62. The number of fused-ring (bicyclic) bond motifs is 1. The summed E-state index contributed by atoms with van der Waals surface area (Å²) in [5.41, 5.74) is 1.33. The molecule has 0 spiro atoms. The third-order valence-electron chi connectivity index (χ3n) is 2.54. The molecule has 2 nitrogen and oxygen atoms in total. The van der Waals surface area contributed by atoms with E-state index in [1.165, 1.54) is 34.8 Å². The maximum Gasteiger partial charge on any atom is 0.0962 e. The topological polar surface area (TPSA) is 24.9 Å². The van der Waals surface area contributed by atoms with Gasteiger partial charge in [-0.25, -0.2) is 4.98 Å². The van der Waals surface area contributed by atoms with Crippen LogP contribution in [0.25, 0.3) is 0 Å². The van der Waals surface area contributed by atoms with Crippen LogP contribution in [0.15, 0.2) is 0 Å². The van der Waals surface area contributed by atoms with Gasteiger partial charge in [0.25, 0.3) is 0 Å². The van der Waals surface area contributed by atoms with Crippen molar-refractivity contribution < 1.29 is 0 Å². The van der Waals surface area contributed by atoms with Crippen LogP contribution < -0.4 is 5.32 Å². The Hall–Kier alpha value is -0.410. The number of hydrogen-bond acceptors (Lipinski definition) is 3. The summed E-state index contributed by atoms with van der Waals surface area (Å²) < 4.78 is 0. The zero-order chi connectivity index (χ0) is 7.97. The average Bonchev–Trinajstić information content (AvgIpc) is 2.85. The predicted octanol–water partition coefficient (Wildman–Crippen LogP) is 1.67. The lowest BCUT2D eigenvalue weighted by molar-refractivity contribution is 0.637. The minimum absolute atomic E-state index is 0.834. The fourth-order valence-electron chi connectivity index (χ4n) is 1.65. The molecule has 1 aliphatic heterocycles. The summed E-state index contributed by atoms with van der Waals surface area (Å²) in [6, 6.07) is 0. The number of thiazole rings is 1. The lowest BCUT2D eigenvalue weighted by Gasteiger charge is -2.09. The SMILES string of the molecule is C1Cc2sc(C3CC3)nc2CN1. The van der Waals surface area contributed by atoms with E-state index in [4.69, 9.17) is 0 Å². The van der Waals surface area contributed by atoms with Crippen molar-refractivity contribution in [2.45, 2.75) is 31.7 Å². The smallest absolute Gasteiger partial charge is 0.0962 e. The Morgan fingerprint density at radius 2 is 2.33 bits per heavy atom. The summed E-state index contributed by atoms with van der Waals surface area (Å²) in [5.74, 6) is 0.834. The van der Waals surface area contributed by atoms with Crippen LogP contribution in [0.4, 0.5) is 0 Å². The summed E-state index contributed by atoms with van der Waals surface area (Å²) in [7, 11) is 0. The molecule has 64 valence electrons. The molecule has 0 amide bonds. The van der Waals surface area contributed by atoms with E-state index in [2.05, 4.69) is 10.3 Å². The Kier molecular flexibility index (Phi) is 1.49. The van der Waals surface area contributed by atoms with Gasteiger partial charge in [0.15, 0.2) is 0 Å². The van der Waals surface area contributed by atoms with E-state index in [1.807, 2.05) is 11.3 Å². The molecule has 1 aromatic rings. The molecule has 1 fully saturated rings. The minimum atomic E-state index is 0.834. The van der Waals surface area contributed by atoms with Crippen LogP contribution in [-0.2, 0) is 13.0 Å². The van der Waals surface area contributed by atoms with E-state index >= 15 is 0 Å². The molecule has 3 heteroatoms. The van der Waals surface area contributed by atoms with Crippen LogP contribution in [0.2, 0.25) is 0 Å². The molecule has 0 aromatic carbocycles. The summed E-state index contributed by atoms with van der Waals surface area (Å²) in [5, 5.41) is 4.76. The van der Waals surface area contributed by atoms with Crippen molar-refractivity contribution in [3.63, 3.8) is 0 Å². The largest absolute Gasteiger partial charge is 0.311 e. The van der Waals surface area contributed by atoms with E-state index in [9.17, 15) is 0 Å². The molecule has 12 heavy (non-hydrogen) atoms. The number of hydrogen-bond donors (Lipinski definition) is 1. The van der Waals surface area contributed by atoms with E-state index < -0.39 is 0 Å². The monoisotopic (exact) mass is 180 g/mol. The molecule has 1 aromatic heterocycles. The fraction of sp³-hybridized carbons (Fsp3) is 0.667. The van der Waals surface area contributed by atoms with Gasteiger partial charge in [-0.05, 0) is 19.3 Å². The standard InChI is InChI=1S/C9H12N2S/c1-2-6(1)9-11-7-5-10-4-3-8(7)12-9/h6,10H,1-5H2. The Bertz CT molecular complexity index is 278. The van der Waals surface area contributed by atoms with Crippen molar-refractivity contribution in [3.8, 4) is 0 Å². The molecule has 0 radical (unpaired) electrons. The van der Waals surface area contributed by atoms with Crippen LogP contribution >= 0.6 is 11.3 Å². The highest BCUT2D eigenvalue weighted by molar-refractivity contribution is 7.11. The van der Waals surface area contributed by atoms with Gasteiger partial charge in [0.1, 0.15) is 0 Å². The Morgan fingerprint density at radius 3 is 3.08 bits per heavy atom. The highest BCUT2D eigenvalue weighted by Crippen LogP contribution is 2.42. The van der Waals surface area contributed by atoms with Crippen molar-refractivity contribution in [2.24, 2.45) is 0 Å². The second kappa shape index (κ2) is 2.54. The number of nitrogens with one attached hydrogen (secondary N) is 1. The van der Waals surface area contributed by atoms with Gasteiger partial charge in [-0.2, -0.15) is 0 Å². The van der Waals surface area contributed by atoms with Crippen molar-refractivity contribution in [1.29, 1.82) is 0 Å². The van der Waals surface area contributed by atoms with Gasteiger partial charge in [0.2, 0.25) is 0 Å². The first-order valence-corrected chi connectivity index (χ1v) is 5.44. The highest BCUT2D eigenvalue weighted by Gasteiger charge is 2.28. The van der Waals surface area contributed by atoms with Gasteiger partial charge in [-0.15, -0.1) is 11.3 Å². The van der Waals surface area contributed by atoms with Crippen molar-refractivity contribution in [3.05, 3.63) is 15.6 Å². The molecule has 1 saturated carbocycles. The fourth-order valence-corrected chi connectivity index (χ4v) is 2.90. The first kappa shape index (κ1) is 7.04. The number of rotatable bonds is 1. The average molecular weight is 180 g/mol. The Balaban J connectivity index is 1.97. The molecule has 0 atom stereocenters. The molecule has 2 aliphatic rings. The molecule has 0 unspecified atom stereocenters. The van der Waals surface area contributed by atoms with Gasteiger partial charge in [0.05, 0.1) is 10.7 Å². The molecule has 2 heterocycles. The van der Waals surface area contributed by atoms with Crippen LogP contribution in [0.3, 0.4) is 0 Å². The van der Waals surface area contributed by atoms with Crippen LogP contribution in [-0.4, -0.2) is 11.5 Å². The van der Waals surface area contributed by atoms with Crippen LogP contribution in [0.1, 0.15) is 34.3 Å². The molecule has 3 rings (SSSR count). The summed E-state index contributed by atoms with van der Waals surface area (Å²) in [4.78, 5) is 6.21. The maximum absolute atomic E-state index is 4.67. The van der Waals surface area contributed by atoms with Crippen LogP contribution in [0.5, 0.6) is 0 Å². The zero-order valence-electron chi connectivity index (χ0n) is 6.97. The summed E-state index contributed by atoms with van der Waals surface area (Å²) >= 11 is 1.95. The van der Waals surface area contributed by atoms with Gasteiger partial charge in [0, 0.05) is 23.9 Å². The van der Waals surface area contributed by atoms with Crippen molar-refractivity contribution >= 4 is 11.3 Å². The van der Waals surface area contributed by atoms with E-state index in [1.54, 1.807) is 0 Å². The Morgan fingerprint density at radius 1 is 1.42 bits per heavy atom. The highest BCUT2D eigenvalue weighted by atomic mass is 32.1. The zero-order valence-corrected chi connectivity index (χ0v) is 7.78. The van der Waals surface area contributed by atoms with E-state index in [0.29, 0.717) is 0 Å². The predicted molar refractivity (Wildman–Crippen MR) is 49.5 cm³/mol. The third kappa shape index (κ3) is 1.08. The lowest BCUT2D eigenvalue weighted by atomic mass is 10.2. The van der Waals surface area contributed by atoms with E-state index in [-0.39, 0.29) is 0 Å². The first-order chi connectivity index (χ1) is 5.93. The second-order valence-electron chi connectivity index (χ2n) is 3.62. The lowest BCUT2D eigenvalue weighted by Crippen LogP contribution is -2.22. The van der Waals surface area contributed by atoms with Crippen LogP contribution in [0, 0.1) is 0 Å². The molecular weight excluding hydrogens is 168 g/mol. The molecule has 0 bridgehead atoms.